The first-order chi connectivity index (χ1) is 18.1. The third-order valence-electron chi connectivity index (χ3n) is 8.14. The molecule has 7 nitrogen and oxygen atoms in total. The molecule has 0 spiro atoms. The van der Waals surface area contributed by atoms with Crippen molar-refractivity contribution in [2.45, 2.75) is 44.4 Å². The number of aliphatic hydroxyl groups excluding tert-OH is 1. The lowest BCUT2D eigenvalue weighted by Gasteiger charge is -2.36. The number of anilines is 1. The van der Waals surface area contributed by atoms with Gasteiger partial charge in [-0.1, -0.05) is 42.5 Å². The normalized spacial score (nSPS) is 21.4. The Morgan fingerprint density at radius 1 is 1.00 bits per heavy atom. The molecule has 0 aliphatic carbocycles. The SMILES string of the molecule is CN1CCCC1.O=c1nc(N2C3CCC2CNC3)c2ccc(-c3cccc4cccc(CO)c34)cc2[nH]1. The Kier molecular flexibility index (Phi) is 6.67. The average molecular weight is 498 g/mol. The lowest BCUT2D eigenvalue weighted by atomic mass is 9.94. The van der Waals surface area contributed by atoms with Crippen molar-refractivity contribution in [3.05, 3.63) is 70.6 Å². The van der Waals surface area contributed by atoms with Crippen molar-refractivity contribution < 1.29 is 5.11 Å². The Morgan fingerprint density at radius 3 is 2.41 bits per heavy atom. The predicted molar refractivity (Wildman–Crippen MR) is 150 cm³/mol. The summed E-state index contributed by atoms with van der Waals surface area (Å²) in [6.07, 6.45) is 5.09. The smallest absolute Gasteiger partial charge is 0.347 e. The first-order valence-corrected chi connectivity index (χ1v) is 13.5. The number of piperazine rings is 1. The number of aromatic amines is 1. The van der Waals surface area contributed by atoms with Crippen molar-refractivity contribution in [3.63, 3.8) is 0 Å². The average Bonchev–Trinajstić information content (AvgIpc) is 3.50. The fraction of sp³-hybridized carbons (Fsp3) is 0.400. The number of fused-ring (bicyclic) bond motifs is 4. The van der Waals surface area contributed by atoms with Gasteiger partial charge in [-0.15, -0.1) is 0 Å². The summed E-state index contributed by atoms with van der Waals surface area (Å²) >= 11 is 0. The van der Waals surface area contributed by atoms with Crippen LogP contribution in [0.1, 0.15) is 31.2 Å². The summed E-state index contributed by atoms with van der Waals surface area (Å²) in [5.41, 5.74) is 3.44. The van der Waals surface area contributed by atoms with Crippen molar-refractivity contribution in [1.82, 2.24) is 20.2 Å². The van der Waals surface area contributed by atoms with Crippen LogP contribution in [0.4, 0.5) is 5.82 Å². The van der Waals surface area contributed by atoms with Gasteiger partial charge in [-0.3, -0.25) is 0 Å². The number of nitrogens with zero attached hydrogens (tertiary/aromatic N) is 3. The van der Waals surface area contributed by atoms with E-state index in [0.29, 0.717) is 12.1 Å². The van der Waals surface area contributed by atoms with Gasteiger partial charge in [-0.25, -0.2) is 4.79 Å². The molecule has 0 radical (unpaired) electrons. The zero-order valence-corrected chi connectivity index (χ0v) is 21.4. The minimum absolute atomic E-state index is 0.0153. The van der Waals surface area contributed by atoms with Gasteiger partial charge in [-0.05, 0) is 85.4 Å². The van der Waals surface area contributed by atoms with Gasteiger partial charge in [-0.2, -0.15) is 4.98 Å². The second-order valence-corrected chi connectivity index (χ2v) is 10.6. The fourth-order valence-electron chi connectivity index (χ4n) is 6.30. The highest BCUT2D eigenvalue weighted by Gasteiger charge is 2.38. The highest BCUT2D eigenvalue weighted by Crippen LogP contribution is 2.37. The van der Waals surface area contributed by atoms with E-state index in [1.165, 1.54) is 25.9 Å². The molecule has 3 N–H and O–H groups in total. The van der Waals surface area contributed by atoms with Gasteiger partial charge >= 0.3 is 5.69 Å². The molecular formula is C30H35N5O2. The number of benzene rings is 3. The molecule has 4 heterocycles. The monoisotopic (exact) mass is 497 g/mol. The highest BCUT2D eigenvalue weighted by atomic mass is 16.3. The lowest BCUT2D eigenvalue weighted by molar-refractivity contribution is 0.283. The number of aliphatic hydroxyl groups is 1. The van der Waals surface area contributed by atoms with Gasteiger partial charge in [0.05, 0.1) is 12.1 Å². The Balaban J connectivity index is 0.000000372. The van der Waals surface area contributed by atoms with Crippen molar-refractivity contribution >= 4 is 27.5 Å². The maximum absolute atomic E-state index is 12.5. The molecule has 3 aromatic carbocycles. The third-order valence-corrected chi connectivity index (χ3v) is 8.14. The number of H-pyrrole nitrogens is 1. The minimum atomic E-state index is -0.313. The van der Waals surface area contributed by atoms with Crippen LogP contribution >= 0.6 is 0 Å². The van der Waals surface area contributed by atoms with E-state index in [0.717, 1.165) is 70.1 Å². The van der Waals surface area contributed by atoms with Gasteiger partial charge in [0.25, 0.3) is 0 Å². The van der Waals surface area contributed by atoms with Gasteiger partial charge in [0, 0.05) is 30.6 Å². The zero-order chi connectivity index (χ0) is 25.4. The van der Waals surface area contributed by atoms with E-state index in [1.807, 2.05) is 24.3 Å². The number of rotatable bonds is 3. The van der Waals surface area contributed by atoms with E-state index in [9.17, 15) is 9.90 Å². The zero-order valence-electron chi connectivity index (χ0n) is 21.4. The van der Waals surface area contributed by atoms with Crippen LogP contribution in [0.15, 0.2) is 59.4 Å². The van der Waals surface area contributed by atoms with Crippen LogP contribution in [-0.2, 0) is 6.61 Å². The second kappa shape index (κ2) is 10.2. The molecule has 3 fully saturated rings. The van der Waals surface area contributed by atoms with Crippen molar-refractivity contribution in [2.75, 3.05) is 38.1 Å². The maximum Gasteiger partial charge on any atom is 0.347 e. The van der Waals surface area contributed by atoms with Crippen molar-refractivity contribution in [2.24, 2.45) is 0 Å². The molecule has 2 bridgehead atoms. The van der Waals surface area contributed by atoms with E-state index in [1.54, 1.807) is 0 Å². The third kappa shape index (κ3) is 4.63. The molecule has 0 saturated carbocycles. The largest absolute Gasteiger partial charge is 0.392 e. The second-order valence-electron chi connectivity index (χ2n) is 10.6. The molecule has 7 rings (SSSR count). The number of nitrogens with one attached hydrogen (secondary N) is 2. The van der Waals surface area contributed by atoms with Gasteiger partial charge in [0.15, 0.2) is 0 Å². The highest BCUT2D eigenvalue weighted by molar-refractivity contribution is 6.01. The van der Waals surface area contributed by atoms with Crippen LogP contribution in [0.25, 0.3) is 32.8 Å². The molecule has 2 unspecified atom stereocenters. The van der Waals surface area contributed by atoms with Crippen LogP contribution in [0, 0.1) is 0 Å². The molecule has 3 aliphatic rings. The Hall–Kier alpha value is -3.26. The summed E-state index contributed by atoms with van der Waals surface area (Å²) < 4.78 is 0. The van der Waals surface area contributed by atoms with Crippen LogP contribution in [0.5, 0.6) is 0 Å². The summed E-state index contributed by atoms with van der Waals surface area (Å²) in [6.45, 7) is 4.49. The number of hydrogen-bond donors (Lipinski definition) is 3. The predicted octanol–water partition coefficient (Wildman–Crippen LogP) is 3.89. The Labute approximate surface area is 217 Å². The first-order valence-electron chi connectivity index (χ1n) is 13.5. The van der Waals surface area contributed by atoms with Crippen LogP contribution in [0.2, 0.25) is 0 Å². The summed E-state index contributed by atoms with van der Waals surface area (Å²) in [6, 6.07) is 19.1. The summed E-state index contributed by atoms with van der Waals surface area (Å²) in [4.78, 5) is 24.6. The first kappa shape index (κ1) is 24.1. The van der Waals surface area contributed by atoms with E-state index < -0.39 is 0 Å². The maximum atomic E-state index is 12.5. The molecule has 4 aromatic rings. The standard InChI is InChI=1S/C25H24N4O2.C5H11N/c30-14-17-5-1-3-15-4-2-6-20(23(15)17)16-7-10-21-22(11-16)27-25(31)28-24(21)29-18-8-9-19(29)13-26-12-18;1-6-4-2-3-5-6/h1-7,10-11,18-19,26,30H,8-9,12-14H2,(H,27,28,31);2-5H2,1H3. The molecule has 2 atom stereocenters. The Morgan fingerprint density at radius 2 is 1.73 bits per heavy atom. The molecule has 0 amide bonds. The molecular weight excluding hydrogens is 462 g/mol. The number of likely N-dealkylation sites (tertiary alicyclic amines) is 1. The van der Waals surface area contributed by atoms with Crippen LogP contribution in [0.3, 0.4) is 0 Å². The van der Waals surface area contributed by atoms with E-state index in [-0.39, 0.29) is 12.3 Å². The minimum Gasteiger partial charge on any atom is -0.392 e. The fourth-order valence-corrected chi connectivity index (χ4v) is 6.30. The molecule has 192 valence electrons. The number of hydrogen-bond acceptors (Lipinski definition) is 6. The summed E-state index contributed by atoms with van der Waals surface area (Å²) in [5.74, 6) is 0.799. The molecule has 1 aromatic heterocycles. The van der Waals surface area contributed by atoms with E-state index in [4.69, 9.17) is 0 Å². The van der Waals surface area contributed by atoms with E-state index >= 15 is 0 Å². The molecule has 3 saturated heterocycles. The van der Waals surface area contributed by atoms with Gasteiger partial charge in [0.2, 0.25) is 0 Å². The molecule has 37 heavy (non-hydrogen) atoms. The Bertz CT molecular complexity index is 1460. The quantitative estimate of drug-likeness (QED) is 0.398. The van der Waals surface area contributed by atoms with Crippen LogP contribution < -0.4 is 15.9 Å². The summed E-state index contributed by atoms with van der Waals surface area (Å²) in [7, 11) is 2.17. The van der Waals surface area contributed by atoms with Crippen molar-refractivity contribution in [3.8, 4) is 11.1 Å². The lowest BCUT2D eigenvalue weighted by Crippen LogP contribution is -2.52. The molecule has 3 aliphatic heterocycles. The summed E-state index contributed by atoms with van der Waals surface area (Å²) in [5, 5.41) is 16.5. The number of aromatic nitrogens is 2. The van der Waals surface area contributed by atoms with Crippen LogP contribution in [-0.4, -0.2) is 65.3 Å². The van der Waals surface area contributed by atoms with E-state index in [2.05, 4.69) is 62.5 Å². The topological polar surface area (TPSA) is 84.5 Å². The molecule has 7 heteroatoms. The van der Waals surface area contributed by atoms with Crippen molar-refractivity contribution in [1.29, 1.82) is 0 Å². The van der Waals surface area contributed by atoms with Gasteiger partial charge < -0.3 is 25.2 Å². The van der Waals surface area contributed by atoms with Gasteiger partial charge in [0.1, 0.15) is 5.82 Å².